The van der Waals surface area contributed by atoms with Gasteiger partial charge in [-0.3, -0.25) is 4.99 Å². The monoisotopic (exact) mass is 433 g/mol. The fraction of sp³-hybridized carbons (Fsp3) is 0.267. The van der Waals surface area contributed by atoms with Gasteiger partial charge in [0.1, 0.15) is 0 Å². The summed E-state index contributed by atoms with van der Waals surface area (Å²) in [5.41, 5.74) is 2.53. The summed E-state index contributed by atoms with van der Waals surface area (Å²) in [5.74, 6) is 0.824. The van der Waals surface area contributed by atoms with Crippen molar-refractivity contribution in [2.75, 3.05) is 13.3 Å². The second-order valence-corrected chi connectivity index (χ2v) is 5.92. The number of nitrogens with one attached hydrogen (secondary N) is 2. The van der Waals surface area contributed by atoms with Gasteiger partial charge in [0.25, 0.3) is 0 Å². The van der Waals surface area contributed by atoms with Crippen molar-refractivity contribution >= 4 is 53.0 Å². The maximum atomic E-state index is 4.23. The first-order valence-electron chi connectivity index (χ1n) is 6.40. The molecule has 21 heavy (non-hydrogen) atoms. The zero-order chi connectivity index (χ0) is 14.2. The number of nitrogens with zero attached hydrogens (tertiary/aromatic N) is 1. The van der Waals surface area contributed by atoms with Crippen LogP contribution in [0.25, 0.3) is 0 Å². The molecule has 3 nitrogen and oxygen atoms in total. The van der Waals surface area contributed by atoms with Gasteiger partial charge < -0.3 is 10.6 Å². The molecule has 0 bridgehead atoms. The predicted octanol–water partition coefficient (Wildman–Crippen LogP) is 3.95. The third kappa shape index (κ3) is 6.27. The van der Waals surface area contributed by atoms with Crippen molar-refractivity contribution in [3.8, 4) is 0 Å². The summed E-state index contributed by atoms with van der Waals surface area (Å²) in [6.45, 7) is 1.58. The number of thioether (sulfide) groups is 1. The molecule has 0 saturated heterocycles. The number of rotatable bonds is 5. The van der Waals surface area contributed by atoms with E-state index in [0.29, 0.717) is 0 Å². The Hall–Kier alpha value is -0.730. The van der Waals surface area contributed by atoms with E-state index in [0.717, 1.165) is 19.0 Å². The molecule has 0 saturated carbocycles. The van der Waals surface area contributed by atoms with E-state index in [4.69, 9.17) is 0 Å². The molecule has 2 N–H and O–H groups in total. The smallest absolute Gasteiger partial charge is 0.191 e. The zero-order valence-corrected chi connectivity index (χ0v) is 16.1. The zero-order valence-electron chi connectivity index (χ0n) is 12.1. The Labute approximate surface area is 151 Å². The summed E-state index contributed by atoms with van der Waals surface area (Å²) in [6, 6.07) is 10.7. The minimum Gasteiger partial charge on any atom is -0.352 e. The number of halogens is 1. The summed E-state index contributed by atoms with van der Waals surface area (Å²) in [4.78, 5) is 5.52. The largest absolute Gasteiger partial charge is 0.352 e. The van der Waals surface area contributed by atoms with Crippen LogP contribution < -0.4 is 10.6 Å². The van der Waals surface area contributed by atoms with Crippen molar-refractivity contribution in [2.24, 2.45) is 4.99 Å². The van der Waals surface area contributed by atoms with E-state index in [2.05, 4.69) is 63.0 Å². The fourth-order valence-electron chi connectivity index (χ4n) is 1.73. The first-order valence-corrected chi connectivity index (χ1v) is 8.57. The van der Waals surface area contributed by atoms with Crippen LogP contribution in [0.4, 0.5) is 0 Å². The molecule has 2 aromatic rings. The highest BCUT2D eigenvalue weighted by molar-refractivity contribution is 14.0. The van der Waals surface area contributed by atoms with Crippen LogP contribution in [0, 0.1) is 0 Å². The fourth-order valence-corrected chi connectivity index (χ4v) is 2.81. The van der Waals surface area contributed by atoms with Gasteiger partial charge in [-0.1, -0.05) is 12.1 Å². The minimum absolute atomic E-state index is 0. The van der Waals surface area contributed by atoms with Gasteiger partial charge in [0.05, 0.1) is 0 Å². The summed E-state index contributed by atoms with van der Waals surface area (Å²) >= 11 is 3.47. The molecule has 0 spiro atoms. The highest BCUT2D eigenvalue weighted by Crippen LogP contribution is 2.14. The van der Waals surface area contributed by atoms with Crippen LogP contribution >= 0.6 is 47.1 Å². The van der Waals surface area contributed by atoms with Crippen LogP contribution in [-0.4, -0.2) is 19.3 Å². The second kappa shape index (κ2) is 10.1. The van der Waals surface area contributed by atoms with E-state index in [1.54, 1.807) is 30.1 Å². The molecule has 0 unspecified atom stereocenters. The molecule has 6 heteroatoms. The van der Waals surface area contributed by atoms with E-state index in [9.17, 15) is 0 Å². The number of thiophene rings is 1. The van der Waals surface area contributed by atoms with E-state index < -0.39 is 0 Å². The van der Waals surface area contributed by atoms with E-state index in [-0.39, 0.29) is 24.0 Å². The number of hydrogen-bond donors (Lipinski definition) is 2. The summed E-state index contributed by atoms with van der Waals surface area (Å²) in [5, 5.41) is 10.9. The van der Waals surface area contributed by atoms with Crippen molar-refractivity contribution in [3.05, 3.63) is 52.2 Å². The van der Waals surface area contributed by atoms with Crippen molar-refractivity contribution in [2.45, 2.75) is 18.0 Å². The molecule has 0 radical (unpaired) electrons. The number of aliphatic imine (C=N–C) groups is 1. The van der Waals surface area contributed by atoms with Crippen LogP contribution in [-0.2, 0) is 13.1 Å². The SMILES string of the molecule is CN=C(NCc1ccc(SC)cc1)NCc1ccsc1.I. The maximum Gasteiger partial charge on any atom is 0.191 e. The lowest BCUT2D eigenvalue weighted by atomic mass is 10.2. The Morgan fingerprint density at radius 3 is 2.29 bits per heavy atom. The lowest BCUT2D eigenvalue weighted by molar-refractivity contribution is 0.810. The van der Waals surface area contributed by atoms with Crippen LogP contribution in [0.1, 0.15) is 11.1 Å². The van der Waals surface area contributed by atoms with Gasteiger partial charge in [-0.15, -0.1) is 35.7 Å². The van der Waals surface area contributed by atoms with E-state index in [1.807, 2.05) is 0 Å². The van der Waals surface area contributed by atoms with Gasteiger partial charge in [0.2, 0.25) is 0 Å². The maximum absolute atomic E-state index is 4.23. The lowest BCUT2D eigenvalue weighted by Gasteiger charge is -2.11. The molecule has 2 rings (SSSR count). The highest BCUT2D eigenvalue weighted by atomic mass is 127. The van der Waals surface area contributed by atoms with Gasteiger partial charge in [0, 0.05) is 25.0 Å². The predicted molar refractivity (Wildman–Crippen MR) is 105 cm³/mol. The first kappa shape index (κ1) is 18.3. The van der Waals surface area contributed by atoms with E-state index >= 15 is 0 Å². The van der Waals surface area contributed by atoms with Crippen molar-refractivity contribution < 1.29 is 0 Å². The van der Waals surface area contributed by atoms with Crippen LogP contribution in [0.5, 0.6) is 0 Å². The number of benzene rings is 1. The Balaban J connectivity index is 0.00000220. The summed E-state index contributed by atoms with van der Waals surface area (Å²) in [6.07, 6.45) is 2.09. The summed E-state index contributed by atoms with van der Waals surface area (Å²) in [7, 11) is 1.79. The molecular formula is C15H20IN3S2. The van der Waals surface area contributed by atoms with Gasteiger partial charge in [-0.05, 0) is 46.3 Å². The van der Waals surface area contributed by atoms with Crippen molar-refractivity contribution in [1.29, 1.82) is 0 Å². The number of hydrogen-bond acceptors (Lipinski definition) is 3. The topological polar surface area (TPSA) is 36.4 Å². The average Bonchev–Trinajstić information content (AvgIpc) is 3.01. The number of guanidine groups is 1. The molecular weight excluding hydrogens is 413 g/mol. The van der Waals surface area contributed by atoms with Crippen LogP contribution in [0.2, 0.25) is 0 Å². The standard InChI is InChI=1S/C15H19N3S2.HI/c1-16-15(18-10-13-7-8-20-11-13)17-9-12-3-5-14(19-2)6-4-12;/h3-8,11H,9-10H2,1-2H3,(H2,16,17,18);1H. The minimum atomic E-state index is 0. The third-order valence-electron chi connectivity index (χ3n) is 2.88. The Bertz CT molecular complexity index is 539. The van der Waals surface area contributed by atoms with Gasteiger partial charge in [-0.25, -0.2) is 0 Å². The van der Waals surface area contributed by atoms with Crippen molar-refractivity contribution in [1.82, 2.24) is 10.6 Å². The molecule has 0 aliphatic heterocycles. The van der Waals surface area contributed by atoms with Crippen molar-refractivity contribution in [3.63, 3.8) is 0 Å². The average molecular weight is 433 g/mol. The molecule has 0 amide bonds. The Morgan fingerprint density at radius 1 is 1.10 bits per heavy atom. The first-order chi connectivity index (χ1) is 9.81. The van der Waals surface area contributed by atoms with Crippen LogP contribution in [0.3, 0.4) is 0 Å². The quantitative estimate of drug-likeness (QED) is 0.325. The van der Waals surface area contributed by atoms with E-state index in [1.165, 1.54) is 16.0 Å². The molecule has 0 atom stereocenters. The van der Waals surface area contributed by atoms with Gasteiger partial charge in [-0.2, -0.15) is 11.3 Å². The molecule has 0 aliphatic rings. The Kier molecular flexibility index (Phi) is 8.79. The normalized spacial score (nSPS) is 10.9. The molecule has 1 aromatic heterocycles. The molecule has 0 aliphatic carbocycles. The Morgan fingerprint density at radius 2 is 1.76 bits per heavy atom. The second-order valence-electron chi connectivity index (χ2n) is 4.26. The molecule has 0 fully saturated rings. The highest BCUT2D eigenvalue weighted by Gasteiger charge is 1.99. The summed E-state index contributed by atoms with van der Waals surface area (Å²) < 4.78 is 0. The van der Waals surface area contributed by atoms with Crippen LogP contribution in [0.15, 0.2) is 51.0 Å². The molecule has 1 heterocycles. The van der Waals surface area contributed by atoms with Gasteiger partial charge in [0.15, 0.2) is 5.96 Å². The van der Waals surface area contributed by atoms with Gasteiger partial charge >= 0.3 is 0 Å². The third-order valence-corrected chi connectivity index (χ3v) is 4.36. The lowest BCUT2D eigenvalue weighted by Crippen LogP contribution is -2.36. The molecule has 114 valence electrons. The molecule has 1 aromatic carbocycles.